The maximum Gasteiger partial charge on any atom is 0.356 e. The van der Waals surface area contributed by atoms with E-state index >= 15 is 0 Å². The van der Waals surface area contributed by atoms with Gasteiger partial charge in [-0.3, -0.25) is 0 Å². The van der Waals surface area contributed by atoms with Crippen LogP contribution in [0.2, 0.25) is 0 Å². The van der Waals surface area contributed by atoms with Crippen molar-refractivity contribution in [1.29, 1.82) is 0 Å². The van der Waals surface area contributed by atoms with E-state index in [-0.39, 0.29) is 11.6 Å². The third-order valence-corrected chi connectivity index (χ3v) is 5.12. The number of halogens is 1. The maximum absolute atomic E-state index is 11.7. The van der Waals surface area contributed by atoms with Gasteiger partial charge in [0.2, 0.25) is 0 Å². The number of nitrogens with zero attached hydrogens (tertiary/aromatic N) is 2. The molecule has 146 valence electrons. The molecule has 1 N–H and O–H groups in total. The normalized spacial score (nSPS) is 10.9. The van der Waals surface area contributed by atoms with Gasteiger partial charge < -0.3 is 14.6 Å². The summed E-state index contributed by atoms with van der Waals surface area (Å²) < 4.78 is 13.8. The molecule has 28 heavy (non-hydrogen) atoms. The van der Waals surface area contributed by atoms with E-state index in [4.69, 9.17) is 9.47 Å². The van der Waals surface area contributed by atoms with Crippen molar-refractivity contribution in [1.82, 2.24) is 9.78 Å². The van der Waals surface area contributed by atoms with Crippen molar-refractivity contribution in [3.63, 3.8) is 0 Å². The van der Waals surface area contributed by atoms with Crippen LogP contribution in [-0.4, -0.2) is 35.1 Å². The molecule has 0 aliphatic heterocycles. The van der Waals surface area contributed by atoms with Crippen LogP contribution in [0, 0.1) is 3.57 Å². The Morgan fingerprint density at radius 2 is 1.75 bits per heavy atom. The first kappa shape index (κ1) is 20.2. The standard InChI is InChI=1S/C21H21IN2O4/c1-12(2)14-10-13(22)8-9-16(14)24-17(11-15(23-24)21(25)26)20-18(27-3)6-5-7-19(20)28-4/h5-12H,1-4H3,(H,25,26). The molecule has 0 aliphatic carbocycles. The third kappa shape index (κ3) is 3.71. The van der Waals surface area contributed by atoms with Gasteiger partial charge in [-0.2, -0.15) is 5.10 Å². The Bertz CT molecular complexity index is 1000. The number of hydrogen-bond acceptors (Lipinski definition) is 4. The number of aromatic nitrogens is 2. The van der Waals surface area contributed by atoms with Gasteiger partial charge in [-0.25, -0.2) is 9.48 Å². The van der Waals surface area contributed by atoms with E-state index in [1.165, 1.54) is 0 Å². The Morgan fingerprint density at radius 1 is 1.11 bits per heavy atom. The molecule has 0 saturated carbocycles. The van der Waals surface area contributed by atoms with Crippen LogP contribution in [0.15, 0.2) is 42.5 Å². The van der Waals surface area contributed by atoms with Crippen molar-refractivity contribution in [2.45, 2.75) is 19.8 Å². The van der Waals surface area contributed by atoms with E-state index in [0.29, 0.717) is 22.8 Å². The minimum Gasteiger partial charge on any atom is -0.496 e. The van der Waals surface area contributed by atoms with Crippen LogP contribution in [0.1, 0.15) is 35.8 Å². The predicted molar refractivity (Wildman–Crippen MR) is 116 cm³/mol. The highest BCUT2D eigenvalue weighted by Gasteiger charge is 2.23. The number of carboxylic acids is 1. The molecule has 7 heteroatoms. The number of hydrogen-bond donors (Lipinski definition) is 1. The lowest BCUT2D eigenvalue weighted by Crippen LogP contribution is -2.07. The van der Waals surface area contributed by atoms with Crippen LogP contribution in [-0.2, 0) is 0 Å². The van der Waals surface area contributed by atoms with Crippen molar-refractivity contribution >= 4 is 28.6 Å². The number of carbonyl (C=O) groups is 1. The Morgan fingerprint density at radius 3 is 2.29 bits per heavy atom. The van der Waals surface area contributed by atoms with Gasteiger partial charge in [0.05, 0.1) is 31.2 Å². The zero-order chi connectivity index (χ0) is 20.4. The second-order valence-electron chi connectivity index (χ2n) is 6.53. The first-order chi connectivity index (χ1) is 13.4. The van der Waals surface area contributed by atoms with Crippen LogP contribution in [0.25, 0.3) is 16.9 Å². The van der Waals surface area contributed by atoms with Gasteiger partial charge in [-0.1, -0.05) is 19.9 Å². The number of aromatic carboxylic acids is 1. The van der Waals surface area contributed by atoms with Gasteiger partial charge in [0.1, 0.15) is 11.5 Å². The first-order valence-electron chi connectivity index (χ1n) is 8.72. The minimum atomic E-state index is -1.09. The first-order valence-corrected chi connectivity index (χ1v) is 9.79. The molecule has 1 aromatic heterocycles. The summed E-state index contributed by atoms with van der Waals surface area (Å²) in [6.07, 6.45) is 0. The van der Waals surface area contributed by atoms with Crippen LogP contribution in [0.3, 0.4) is 0 Å². The average molecular weight is 492 g/mol. The fraction of sp³-hybridized carbons (Fsp3) is 0.238. The quantitative estimate of drug-likeness (QED) is 0.492. The topological polar surface area (TPSA) is 73.6 Å². The largest absolute Gasteiger partial charge is 0.496 e. The smallest absolute Gasteiger partial charge is 0.356 e. The molecule has 0 unspecified atom stereocenters. The molecule has 0 atom stereocenters. The summed E-state index contributed by atoms with van der Waals surface area (Å²) in [7, 11) is 3.14. The predicted octanol–water partition coefficient (Wildman–Crippen LogP) is 4.98. The second-order valence-corrected chi connectivity index (χ2v) is 7.77. The van der Waals surface area contributed by atoms with Crippen LogP contribution < -0.4 is 9.47 Å². The fourth-order valence-corrected chi connectivity index (χ4v) is 3.65. The van der Waals surface area contributed by atoms with Crippen molar-refractivity contribution in [3.8, 4) is 28.4 Å². The number of carboxylic acid groups (broad SMARTS) is 1. The van der Waals surface area contributed by atoms with E-state index in [2.05, 4.69) is 47.6 Å². The molecule has 0 amide bonds. The van der Waals surface area contributed by atoms with Crippen molar-refractivity contribution in [2.24, 2.45) is 0 Å². The van der Waals surface area contributed by atoms with Crippen molar-refractivity contribution in [2.75, 3.05) is 14.2 Å². The van der Waals surface area contributed by atoms with Gasteiger partial charge >= 0.3 is 5.97 Å². The molecule has 0 saturated heterocycles. The minimum absolute atomic E-state index is 0.0452. The molecule has 2 aromatic carbocycles. The van der Waals surface area contributed by atoms with Crippen LogP contribution in [0.4, 0.5) is 0 Å². The Labute approximate surface area is 177 Å². The molecular formula is C21H21IN2O4. The summed E-state index contributed by atoms with van der Waals surface area (Å²) in [5.74, 6) is 0.295. The van der Waals surface area contributed by atoms with E-state index in [9.17, 15) is 9.90 Å². The Balaban J connectivity index is 2.37. The Kier molecular flexibility index (Phi) is 5.93. The zero-order valence-corrected chi connectivity index (χ0v) is 18.2. The number of methoxy groups -OCH3 is 2. The molecule has 6 nitrogen and oxygen atoms in total. The lowest BCUT2D eigenvalue weighted by atomic mass is 10.0. The zero-order valence-electron chi connectivity index (χ0n) is 16.1. The fourth-order valence-electron chi connectivity index (χ4n) is 3.13. The van der Waals surface area contributed by atoms with Crippen molar-refractivity contribution in [3.05, 3.63) is 57.3 Å². The lowest BCUT2D eigenvalue weighted by molar-refractivity contribution is 0.0690. The molecule has 0 fully saturated rings. The highest BCUT2D eigenvalue weighted by atomic mass is 127. The van der Waals surface area contributed by atoms with Gasteiger partial charge in [0.15, 0.2) is 5.69 Å². The summed E-state index contributed by atoms with van der Waals surface area (Å²) in [4.78, 5) is 11.7. The lowest BCUT2D eigenvalue weighted by Gasteiger charge is -2.18. The maximum atomic E-state index is 11.7. The molecule has 0 bridgehead atoms. The molecule has 3 aromatic rings. The molecule has 0 aliphatic rings. The van der Waals surface area contributed by atoms with Crippen molar-refractivity contribution < 1.29 is 19.4 Å². The molecule has 3 rings (SSSR count). The molecule has 1 heterocycles. The van der Waals surface area contributed by atoms with Gasteiger partial charge in [-0.05, 0) is 70.5 Å². The number of rotatable bonds is 6. The van der Waals surface area contributed by atoms with Gasteiger partial charge in [0, 0.05) is 3.57 Å². The highest BCUT2D eigenvalue weighted by Crippen LogP contribution is 2.40. The van der Waals surface area contributed by atoms with E-state index < -0.39 is 5.97 Å². The van der Waals surface area contributed by atoms with Gasteiger partial charge in [0.25, 0.3) is 0 Å². The van der Waals surface area contributed by atoms with Crippen LogP contribution >= 0.6 is 22.6 Å². The van der Waals surface area contributed by atoms with E-state index in [1.54, 1.807) is 25.0 Å². The Hall–Kier alpha value is -2.55. The van der Waals surface area contributed by atoms with Gasteiger partial charge in [-0.15, -0.1) is 0 Å². The highest BCUT2D eigenvalue weighted by molar-refractivity contribution is 14.1. The molecular weight excluding hydrogens is 471 g/mol. The summed E-state index contributed by atoms with van der Waals surface area (Å²) in [5, 5.41) is 13.9. The monoisotopic (exact) mass is 492 g/mol. The average Bonchev–Trinajstić information content (AvgIpc) is 3.12. The van der Waals surface area contributed by atoms with Crippen LogP contribution in [0.5, 0.6) is 11.5 Å². The summed E-state index contributed by atoms with van der Waals surface area (Å²) in [6.45, 7) is 4.19. The number of benzene rings is 2. The van der Waals surface area contributed by atoms with E-state index in [1.807, 2.05) is 30.3 Å². The summed E-state index contributed by atoms with van der Waals surface area (Å²) in [6, 6.07) is 13.0. The SMILES string of the molecule is COc1cccc(OC)c1-c1cc(C(=O)O)nn1-c1ccc(I)cc1C(C)C. The number of ether oxygens (including phenoxy) is 2. The van der Waals surface area contributed by atoms with E-state index in [0.717, 1.165) is 14.8 Å². The molecule has 0 spiro atoms. The second kappa shape index (κ2) is 8.22. The summed E-state index contributed by atoms with van der Waals surface area (Å²) >= 11 is 2.27. The third-order valence-electron chi connectivity index (χ3n) is 4.45. The summed E-state index contributed by atoms with van der Waals surface area (Å²) in [5.41, 5.74) is 3.10. The molecule has 0 radical (unpaired) electrons.